The van der Waals surface area contributed by atoms with Crippen LogP contribution in [0.4, 0.5) is 0 Å². The van der Waals surface area contributed by atoms with Crippen LogP contribution in [0.1, 0.15) is 11.3 Å². The molecule has 0 atom stereocenters. The summed E-state index contributed by atoms with van der Waals surface area (Å²) < 4.78 is 4.91. The number of nitrogens with zero attached hydrogens (tertiary/aromatic N) is 2. The van der Waals surface area contributed by atoms with Crippen molar-refractivity contribution in [2.24, 2.45) is 0 Å². The van der Waals surface area contributed by atoms with Crippen LogP contribution in [0.25, 0.3) is 70.1 Å². The van der Waals surface area contributed by atoms with Gasteiger partial charge in [-0.15, -0.1) is 11.3 Å². The lowest BCUT2D eigenvalue weighted by atomic mass is 9.95. The molecule has 42 heavy (non-hydrogen) atoms. The highest BCUT2D eigenvalue weighted by Gasteiger charge is 2.13. The highest BCUT2D eigenvalue weighted by atomic mass is 32.1. The summed E-state index contributed by atoms with van der Waals surface area (Å²) >= 11 is 1.80. The normalized spacial score (nSPS) is 11.6. The number of fused-ring (bicyclic) bond motifs is 4. The first-order chi connectivity index (χ1) is 20.6. The Hall–Kier alpha value is -4.99. The second-order valence-electron chi connectivity index (χ2n) is 11.0. The predicted molar refractivity (Wildman–Crippen MR) is 180 cm³/mol. The van der Waals surface area contributed by atoms with Gasteiger partial charge in [0.05, 0.1) is 10.2 Å². The van der Waals surface area contributed by atoms with Crippen LogP contribution in [0.3, 0.4) is 0 Å². The predicted octanol–water partition coefficient (Wildman–Crippen LogP) is 11.0. The topological polar surface area (TPSA) is 17.8 Å². The molecule has 0 saturated heterocycles. The Kier molecular flexibility index (Phi) is 5.80. The molecule has 0 saturated carbocycles. The first-order valence-electron chi connectivity index (χ1n) is 14.3. The molecule has 8 aromatic rings. The minimum absolute atomic E-state index is 1.19. The molecule has 2 nitrogen and oxygen atoms in total. The van der Waals surface area contributed by atoms with Crippen LogP contribution in [0.5, 0.6) is 0 Å². The van der Waals surface area contributed by atoms with E-state index in [1.54, 1.807) is 11.3 Å². The molecule has 8 rings (SSSR count). The van der Waals surface area contributed by atoms with Gasteiger partial charge in [-0.25, -0.2) is 0 Å². The summed E-state index contributed by atoms with van der Waals surface area (Å²) in [6.07, 6.45) is 3.85. The third-order valence-electron chi connectivity index (χ3n) is 8.53. The van der Waals surface area contributed by atoms with Crippen LogP contribution in [-0.2, 0) is 0 Å². The molecule has 0 N–H and O–H groups in total. The molecular formula is C39H28N2S. The smallest absolute Gasteiger partial charge is 0.0538 e. The standard InChI is InChI=1S/C39H28N2S/c1-25-26(2)41(37-15-4-3-14-34(25)37)33-13-7-12-31(22-33)29-10-5-8-27(20-29)28-9-6-11-30(21-28)32-16-17-38-36(23-32)35-18-19-40-24-39(35)42-38/h3-24H,1-2H3. The highest BCUT2D eigenvalue weighted by molar-refractivity contribution is 7.25. The van der Waals surface area contributed by atoms with Crippen molar-refractivity contribution in [3.8, 4) is 39.1 Å². The maximum absolute atomic E-state index is 4.31. The van der Waals surface area contributed by atoms with E-state index in [1.165, 1.54) is 81.4 Å². The minimum atomic E-state index is 1.19. The molecule has 3 heteroatoms. The zero-order valence-electron chi connectivity index (χ0n) is 23.5. The zero-order valence-corrected chi connectivity index (χ0v) is 24.3. The Morgan fingerprint density at radius 3 is 1.90 bits per heavy atom. The van der Waals surface area contributed by atoms with E-state index in [4.69, 9.17) is 0 Å². The average Bonchev–Trinajstić information content (AvgIpc) is 3.55. The molecule has 0 spiro atoms. The maximum Gasteiger partial charge on any atom is 0.0538 e. The van der Waals surface area contributed by atoms with Crippen molar-refractivity contribution >= 4 is 42.4 Å². The molecule has 0 aliphatic carbocycles. The second-order valence-corrected chi connectivity index (χ2v) is 12.0. The van der Waals surface area contributed by atoms with Gasteiger partial charge in [-0.2, -0.15) is 0 Å². The number of para-hydroxylation sites is 1. The molecule has 0 amide bonds. The molecule has 0 bridgehead atoms. The van der Waals surface area contributed by atoms with Crippen molar-refractivity contribution in [2.75, 3.05) is 0 Å². The van der Waals surface area contributed by atoms with Crippen molar-refractivity contribution in [3.63, 3.8) is 0 Å². The lowest BCUT2D eigenvalue weighted by molar-refractivity contribution is 1.04. The van der Waals surface area contributed by atoms with Crippen LogP contribution in [0.2, 0.25) is 0 Å². The zero-order chi connectivity index (χ0) is 28.2. The molecule has 0 aliphatic heterocycles. The molecule has 0 aliphatic rings. The molecule has 3 heterocycles. The molecule has 200 valence electrons. The third kappa shape index (κ3) is 4.05. The molecule has 5 aromatic carbocycles. The fourth-order valence-corrected chi connectivity index (χ4v) is 7.31. The van der Waals surface area contributed by atoms with E-state index in [2.05, 4.69) is 145 Å². The summed E-state index contributed by atoms with van der Waals surface area (Å²) in [6, 6.07) is 44.3. The van der Waals surface area contributed by atoms with Crippen LogP contribution < -0.4 is 0 Å². The van der Waals surface area contributed by atoms with Crippen LogP contribution in [0.15, 0.2) is 134 Å². The maximum atomic E-state index is 4.31. The largest absolute Gasteiger partial charge is 0.314 e. The van der Waals surface area contributed by atoms with Gasteiger partial charge in [0.25, 0.3) is 0 Å². The Morgan fingerprint density at radius 2 is 1.17 bits per heavy atom. The number of aromatic nitrogens is 2. The van der Waals surface area contributed by atoms with Crippen molar-refractivity contribution in [3.05, 3.63) is 145 Å². The van der Waals surface area contributed by atoms with Gasteiger partial charge in [-0.05, 0) is 101 Å². The third-order valence-corrected chi connectivity index (χ3v) is 9.65. The van der Waals surface area contributed by atoms with E-state index in [0.29, 0.717) is 0 Å². The van der Waals surface area contributed by atoms with E-state index in [9.17, 15) is 0 Å². The summed E-state index contributed by atoms with van der Waals surface area (Å²) in [4.78, 5) is 4.31. The number of rotatable bonds is 4. The molecule has 3 aromatic heterocycles. The minimum Gasteiger partial charge on any atom is -0.314 e. The highest BCUT2D eigenvalue weighted by Crippen LogP contribution is 2.37. The summed E-state index contributed by atoms with van der Waals surface area (Å²) in [5.41, 5.74) is 12.4. The van der Waals surface area contributed by atoms with Gasteiger partial charge in [0.2, 0.25) is 0 Å². The Morgan fingerprint density at radius 1 is 0.524 bits per heavy atom. The van der Waals surface area contributed by atoms with Gasteiger partial charge in [0, 0.05) is 44.6 Å². The van der Waals surface area contributed by atoms with Gasteiger partial charge in [0.15, 0.2) is 0 Å². The van der Waals surface area contributed by atoms with Crippen molar-refractivity contribution < 1.29 is 0 Å². The van der Waals surface area contributed by atoms with E-state index in [-0.39, 0.29) is 0 Å². The monoisotopic (exact) mass is 556 g/mol. The fourth-order valence-electron chi connectivity index (χ4n) is 6.25. The number of hydrogen-bond acceptors (Lipinski definition) is 2. The average molecular weight is 557 g/mol. The SMILES string of the molecule is Cc1c(C)n(-c2cccc(-c3cccc(-c4cccc(-c5ccc6sc7cnccc7c6c5)c4)c3)c2)c2ccccc12. The Bertz CT molecular complexity index is 2280. The van der Waals surface area contributed by atoms with Crippen molar-refractivity contribution in [2.45, 2.75) is 13.8 Å². The fraction of sp³-hybridized carbons (Fsp3) is 0.0513. The van der Waals surface area contributed by atoms with Crippen LogP contribution in [-0.4, -0.2) is 9.55 Å². The lowest BCUT2D eigenvalue weighted by Crippen LogP contribution is -1.97. The summed E-state index contributed by atoms with van der Waals surface area (Å²) in [7, 11) is 0. The number of hydrogen-bond donors (Lipinski definition) is 0. The van der Waals surface area contributed by atoms with Gasteiger partial charge < -0.3 is 4.57 Å². The van der Waals surface area contributed by atoms with E-state index >= 15 is 0 Å². The number of benzene rings is 5. The van der Waals surface area contributed by atoms with E-state index in [0.717, 1.165) is 0 Å². The van der Waals surface area contributed by atoms with Gasteiger partial charge in [-0.1, -0.05) is 72.8 Å². The first kappa shape index (κ1) is 24.8. The number of aryl methyl sites for hydroxylation is 1. The first-order valence-corrected chi connectivity index (χ1v) is 15.1. The van der Waals surface area contributed by atoms with Gasteiger partial charge in [0.1, 0.15) is 0 Å². The molecular weight excluding hydrogens is 529 g/mol. The van der Waals surface area contributed by atoms with Gasteiger partial charge in [-0.3, -0.25) is 4.98 Å². The Labute approximate surface area is 249 Å². The summed E-state index contributed by atoms with van der Waals surface area (Å²) in [5.74, 6) is 0. The molecule has 0 radical (unpaired) electrons. The van der Waals surface area contributed by atoms with Crippen molar-refractivity contribution in [1.29, 1.82) is 0 Å². The molecule has 0 unspecified atom stereocenters. The Balaban J connectivity index is 1.17. The van der Waals surface area contributed by atoms with E-state index < -0.39 is 0 Å². The number of pyridine rings is 1. The lowest BCUT2D eigenvalue weighted by Gasteiger charge is -2.12. The van der Waals surface area contributed by atoms with Gasteiger partial charge >= 0.3 is 0 Å². The van der Waals surface area contributed by atoms with Crippen molar-refractivity contribution in [1.82, 2.24) is 9.55 Å². The van der Waals surface area contributed by atoms with Crippen LogP contribution in [0, 0.1) is 13.8 Å². The number of thiophene rings is 1. The molecule has 0 fully saturated rings. The quantitative estimate of drug-likeness (QED) is 0.211. The summed E-state index contributed by atoms with van der Waals surface area (Å²) in [5, 5.41) is 3.88. The van der Waals surface area contributed by atoms with E-state index in [1.807, 2.05) is 12.4 Å². The summed E-state index contributed by atoms with van der Waals surface area (Å²) in [6.45, 7) is 4.43. The van der Waals surface area contributed by atoms with Crippen LogP contribution >= 0.6 is 11.3 Å². The second kappa shape index (κ2) is 9.83.